The number of piperidine rings is 1. The van der Waals surface area contributed by atoms with Gasteiger partial charge in [0, 0.05) is 12.1 Å². The first-order valence-corrected chi connectivity index (χ1v) is 10.6. The molecule has 1 aliphatic carbocycles. The summed E-state index contributed by atoms with van der Waals surface area (Å²) in [6.07, 6.45) is 9.32. The van der Waals surface area contributed by atoms with Crippen molar-refractivity contribution in [3.63, 3.8) is 0 Å². The number of alkyl carbamates (subject to hydrolysis) is 1. The topological polar surface area (TPSA) is 70.7 Å². The summed E-state index contributed by atoms with van der Waals surface area (Å²) in [4.78, 5) is 26.7. The predicted octanol–water partition coefficient (Wildman–Crippen LogP) is 3.22. The van der Waals surface area contributed by atoms with Gasteiger partial charge in [0.2, 0.25) is 5.91 Å². The van der Waals surface area contributed by atoms with Crippen molar-refractivity contribution in [2.24, 2.45) is 0 Å². The van der Waals surface area contributed by atoms with E-state index in [1.807, 2.05) is 30.3 Å². The van der Waals surface area contributed by atoms with Crippen LogP contribution in [-0.4, -0.2) is 48.6 Å². The first-order chi connectivity index (χ1) is 13.7. The average Bonchev–Trinajstić information content (AvgIpc) is 2.77. The third-order valence-electron chi connectivity index (χ3n) is 6.03. The van der Waals surface area contributed by atoms with Gasteiger partial charge in [-0.25, -0.2) is 4.79 Å². The molecule has 1 heterocycles. The quantitative estimate of drug-likeness (QED) is 0.754. The molecule has 154 valence electrons. The second-order valence-electron chi connectivity index (χ2n) is 8.02. The number of rotatable bonds is 7. The van der Waals surface area contributed by atoms with E-state index >= 15 is 0 Å². The fourth-order valence-corrected chi connectivity index (χ4v) is 4.44. The van der Waals surface area contributed by atoms with Gasteiger partial charge in [-0.1, -0.05) is 56.0 Å². The summed E-state index contributed by atoms with van der Waals surface area (Å²) in [5, 5.41) is 5.61. The Kier molecular flexibility index (Phi) is 7.71. The van der Waals surface area contributed by atoms with Crippen molar-refractivity contribution in [3.8, 4) is 0 Å². The average molecular weight is 388 g/mol. The van der Waals surface area contributed by atoms with Crippen LogP contribution in [0.15, 0.2) is 30.3 Å². The summed E-state index contributed by atoms with van der Waals surface area (Å²) in [7, 11) is 0. The van der Waals surface area contributed by atoms with Gasteiger partial charge in [0.05, 0.1) is 6.54 Å². The zero-order valence-electron chi connectivity index (χ0n) is 16.8. The number of benzene rings is 1. The Labute approximate surface area is 168 Å². The second kappa shape index (κ2) is 10.5. The van der Waals surface area contributed by atoms with Crippen LogP contribution in [0.4, 0.5) is 4.79 Å². The molecule has 2 N–H and O–H groups in total. The minimum atomic E-state index is -0.567. The molecule has 6 heteroatoms. The van der Waals surface area contributed by atoms with E-state index < -0.39 is 6.09 Å². The van der Waals surface area contributed by atoms with Crippen molar-refractivity contribution >= 4 is 12.0 Å². The smallest absolute Gasteiger partial charge is 0.407 e. The number of hydrogen-bond donors (Lipinski definition) is 2. The predicted molar refractivity (Wildman–Crippen MR) is 109 cm³/mol. The number of carbonyl (C=O) groups is 2. The summed E-state index contributed by atoms with van der Waals surface area (Å²) >= 11 is 0. The minimum absolute atomic E-state index is 0.0519. The molecule has 1 saturated heterocycles. The molecule has 2 fully saturated rings. The first kappa shape index (κ1) is 20.6. The van der Waals surface area contributed by atoms with Crippen LogP contribution in [0, 0.1) is 0 Å². The number of likely N-dealkylation sites (tertiary alicyclic amines) is 1. The van der Waals surface area contributed by atoms with E-state index in [0.29, 0.717) is 6.54 Å². The lowest BCUT2D eigenvalue weighted by Gasteiger charge is -2.48. The molecule has 28 heavy (non-hydrogen) atoms. The lowest BCUT2D eigenvalue weighted by atomic mass is 9.79. The van der Waals surface area contributed by atoms with Crippen LogP contribution in [-0.2, 0) is 16.1 Å². The summed E-state index contributed by atoms with van der Waals surface area (Å²) < 4.78 is 5.15. The van der Waals surface area contributed by atoms with Crippen molar-refractivity contribution in [1.29, 1.82) is 0 Å². The molecule has 0 aromatic heterocycles. The highest BCUT2D eigenvalue weighted by molar-refractivity contribution is 5.82. The molecule has 1 aromatic carbocycles. The molecular weight excluding hydrogens is 354 g/mol. The Bertz CT molecular complexity index is 623. The van der Waals surface area contributed by atoms with E-state index in [9.17, 15) is 9.59 Å². The van der Waals surface area contributed by atoms with Gasteiger partial charge in [-0.3, -0.25) is 9.69 Å². The molecule has 0 atom stereocenters. The van der Waals surface area contributed by atoms with Crippen LogP contribution in [0.1, 0.15) is 56.9 Å². The second-order valence-corrected chi connectivity index (χ2v) is 8.02. The molecule has 0 spiro atoms. The van der Waals surface area contributed by atoms with E-state index in [1.165, 1.54) is 38.5 Å². The van der Waals surface area contributed by atoms with Gasteiger partial charge >= 0.3 is 6.09 Å². The lowest BCUT2D eigenvalue weighted by molar-refractivity contribution is -0.121. The molecule has 2 aliphatic rings. The lowest BCUT2D eigenvalue weighted by Crippen LogP contribution is -2.58. The van der Waals surface area contributed by atoms with Crippen LogP contribution in [0.25, 0.3) is 0 Å². The van der Waals surface area contributed by atoms with Crippen molar-refractivity contribution in [3.05, 3.63) is 35.9 Å². The summed E-state index contributed by atoms with van der Waals surface area (Å²) in [6, 6.07) is 9.49. The third kappa shape index (κ3) is 5.96. The summed E-state index contributed by atoms with van der Waals surface area (Å²) in [5.74, 6) is -0.154. The molecule has 6 nitrogen and oxygen atoms in total. The van der Waals surface area contributed by atoms with E-state index in [2.05, 4.69) is 15.5 Å². The molecule has 2 amide bonds. The molecule has 1 aliphatic heterocycles. The van der Waals surface area contributed by atoms with Gasteiger partial charge in [0.1, 0.15) is 6.61 Å². The summed E-state index contributed by atoms with van der Waals surface area (Å²) in [6.45, 7) is 3.10. The van der Waals surface area contributed by atoms with Crippen molar-refractivity contribution in [2.45, 2.75) is 63.5 Å². The highest BCUT2D eigenvalue weighted by Gasteiger charge is 2.38. The number of nitrogens with one attached hydrogen (secondary N) is 2. The molecule has 0 radical (unpaired) electrons. The van der Waals surface area contributed by atoms with Gasteiger partial charge < -0.3 is 15.4 Å². The van der Waals surface area contributed by atoms with Crippen LogP contribution in [0.3, 0.4) is 0 Å². The van der Waals surface area contributed by atoms with E-state index in [4.69, 9.17) is 4.74 Å². The van der Waals surface area contributed by atoms with Gasteiger partial charge in [0.25, 0.3) is 0 Å². The van der Waals surface area contributed by atoms with E-state index in [-0.39, 0.29) is 24.6 Å². The highest BCUT2D eigenvalue weighted by atomic mass is 16.5. The molecule has 1 aromatic rings. The standard InChI is InChI=1S/C22H33N3O3/c26-20(16-23-21(27)28-17-19-10-4-1-5-11-19)24-18-22(12-6-2-7-13-22)25-14-8-3-9-15-25/h1,4-5,10-11H,2-3,6-9,12-18H2,(H,23,27)(H,24,26). The maximum absolute atomic E-state index is 12.3. The molecule has 3 rings (SSSR count). The third-order valence-corrected chi connectivity index (χ3v) is 6.03. The monoisotopic (exact) mass is 387 g/mol. The Morgan fingerprint density at radius 2 is 1.61 bits per heavy atom. The van der Waals surface area contributed by atoms with Gasteiger partial charge in [-0.2, -0.15) is 0 Å². The zero-order valence-corrected chi connectivity index (χ0v) is 16.8. The first-order valence-electron chi connectivity index (χ1n) is 10.6. The SMILES string of the molecule is O=C(CNC(=O)OCc1ccccc1)NCC1(N2CCCCC2)CCCCC1. The van der Waals surface area contributed by atoms with Gasteiger partial charge in [0.15, 0.2) is 0 Å². The van der Waals surface area contributed by atoms with Crippen LogP contribution >= 0.6 is 0 Å². The van der Waals surface area contributed by atoms with Crippen molar-refractivity contribution in [2.75, 3.05) is 26.2 Å². The normalized spacial score (nSPS) is 19.6. The maximum atomic E-state index is 12.3. The number of carbonyl (C=O) groups excluding carboxylic acids is 2. The van der Waals surface area contributed by atoms with Crippen LogP contribution < -0.4 is 10.6 Å². The van der Waals surface area contributed by atoms with Gasteiger partial charge in [-0.15, -0.1) is 0 Å². The Balaban J connectivity index is 1.41. The van der Waals surface area contributed by atoms with E-state index in [0.717, 1.165) is 31.5 Å². The number of hydrogen-bond acceptors (Lipinski definition) is 4. The fourth-order valence-electron chi connectivity index (χ4n) is 4.44. The van der Waals surface area contributed by atoms with Crippen LogP contribution in [0.2, 0.25) is 0 Å². The molecule has 1 saturated carbocycles. The Hall–Kier alpha value is -2.08. The minimum Gasteiger partial charge on any atom is -0.445 e. The van der Waals surface area contributed by atoms with Gasteiger partial charge in [-0.05, 0) is 44.3 Å². The zero-order chi connectivity index (χ0) is 19.7. The van der Waals surface area contributed by atoms with Crippen LogP contribution in [0.5, 0.6) is 0 Å². The van der Waals surface area contributed by atoms with Crippen molar-refractivity contribution in [1.82, 2.24) is 15.5 Å². The fraction of sp³-hybridized carbons (Fsp3) is 0.636. The highest BCUT2D eigenvalue weighted by Crippen LogP contribution is 2.35. The number of amides is 2. The molecular formula is C22H33N3O3. The summed E-state index contributed by atoms with van der Waals surface area (Å²) in [5.41, 5.74) is 1.02. The maximum Gasteiger partial charge on any atom is 0.407 e. The molecule has 0 unspecified atom stereocenters. The largest absolute Gasteiger partial charge is 0.445 e. The Morgan fingerprint density at radius 3 is 2.32 bits per heavy atom. The van der Waals surface area contributed by atoms with Crippen molar-refractivity contribution < 1.29 is 14.3 Å². The Morgan fingerprint density at radius 1 is 0.929 bits per heavy atom. The number of nitrogens with zero attached hydrogens (tertiary/aromatic N) is 1. The number of ether oxygens (including phenoxy) is 1. The molecule has 0 bridgehead atoms. The van der Waals surface area contributed by atoms with E-state index in [1.54, 1.807) is 0 Å².